The Morgan fingerprint density at radius 3 is 2.78 bits per heavy atom. The highest BCUT2D eigenvalue weighted by Crippen LogP contribution is 2.13. The predicted octanol–water partition coefficient (Wildman–Crippen LogP) is 2.01. The van der Waals surface area contributed by atoms with Crippen LogP contribution in [0.3, 0.4) is 0 Å². The minimum Gasteiger partial charge on any atom is -0.376 e. The van der Waals surface area contributed by atoms with Crippen LogP contribution in [-0.4, -0.2) is 37.1 Å². The van der Waals surface area contributed by atoms with E-state index in [9.17, 15) is 9.18 Å². The molecule has 1 aliphatic heterocycles. The van der Waals surface area contributed by atoms with E-state index in [1.54, 1.807) is 24.1 Å². The molecular formula is C14H18FNO2. The summed E-state index contributed by atoms with van der Waals surface area (Å²) in [6.45, 7) is 1.44. The summed E-state index contributed by atoms with van der Waals surface area (Å²) >= 11 is 0. The van der Waals surface area contributed by atoms with Crippen molar-refractivity contribution in [2.75, 3.05) is 20.2 Å². The van der Waals surface area contributed by atoms with E-state index in [2.05, 4.69) is 0 Å². The molecule has 1 heterocycles. The van der Waals surface area contributed by atoms with Gasteiger partial charge in [0.25, 0.3) is 0 Å². The fourth-order valence-electron chi connectivity index (χ4n) is 2.11. The number of likely N-dealkylation sites (N-methyl/N-ethyl adjacent to an activating group) is 1. The van der Waals surface area contributed by atoms with Crippen molar-refractivity contribution < 1.29 is 13.9 Å². The van der Waals surface area contributed by atoms with Crippen molar-refractivity contribution in [1.29, 1.82) is 0 Å². The van der Waals surface area contributed by atoms with Gasteiger partial charge in [0.15, 0.2) is 0 Å². The fourth-order valence-corrected chi connectivity index (χ4v) is 2.11. The summed E-state index contributed by atoms with van der Waals surface area (Å²) < 4.78 is 18.2. The molecule has 0 bridgehead atoms. The molecule has 18 heavy (non-hydrogen) atoms. The molecule has 1 amide bonds. The van der Waals surface area contributed by atoms with Gasteiger partial charge in [-0.1, -0.05) is 12.1 Å². The number of rotatable bonds is 4. The number of amides is 1. The van der Waals surface area contributed by atoms with Crippen molar-refractivity contribution in [3.63, 3.8) is 0 Å². The van der Waals surface area contributed by atoms with E-state index in [0.717, 1.165) is 25.0 Å². The quantitative estimate of drug-likeness (QED) is 0.819. The molecule has 98 valence electrons. The summed E-state index contributed by atoms with van der Waals surface area (Å²) in [6.07, 6.45) is 2.58. The zero-order valence-corrected chi connectivity index (χ0v) is 10.6. The molecule has 1 fully saturated rings. The summed E-state index contributed by atoms with van der Waals surface area (Å²) in [5, 5.41) is 0. The zero-order valence-electron chi connectivity index (χ0n) is 10.6. The van der Waals surface area contributed by atoms with Crippen LogP contribution in [0.1, 0.15) is 18.4 Å². The second-order valence-corrected chi connectivity index (χ2v) is 4.71. The van der Waals surface area contributed by atoms with Crippen LogP contribution in [0.15, 0.2) is 24.3 Å². The molecule has 2 rings (SSSR count). The van der Waals surface area contributed by atoms with E-state index in [4.69, 9.17) is 4.74 Å². The SMILES string of the molecule is CN(CC1CCCO1)C(=O)Cc1ccc(F)cc1. The molecule has 0 aliphatic carbocycles. The van der Waals surface area contributed by atoms with Gasteiger partial charge in [-0.05, 0) is 30.5 Å². The lowest BCUT2D eigenvalue weighted by Crippen LogP contribution is -2.35. The summed E-state index contributed by atoms with van der Waals surface area (Å²) in [7, 11) is 1.79. The maximum absolute atomic E-state index is 12.7. The van der Waals surface area contributed by atoms with Gasteiger partial charge in [-0.2, -0.15) is 0 Å². The largest absolute Gasteiger partial charge is 0.376 e. The van der Waals surface area contributed by atoms with Crippen LogP contribution < -0.4 is 0 Å². The van der Waals surface area contributed by atoms with Crippen molar-refractivity contribution in [3.8, 4) is 0 Å². The molecule has 0 spiro atoms. The number of hydrogen-bond acceptors (Lipinski definition) is 2. The van der Waals surface area contributed by atoms with Gasteiger partial charge in [0, 0.05) is 20.2 Å². The summed E-state index contributed by atoms with van der Waals surface area (Å²) in [5.74, 6) is -0.240. The van der Waals surface area contributed by atoms with E-state index in [-0.39, 0.29) is 17.8 Å². The molecule has 0 saturated carbocycles. The van der Waals surface area contributed by atoms with Gasteiger partial charge in [-0.3, -0.25) is 4.79 Å². The molecule has 0 N–H and O–H groups in total. The molecule has 3 nitrogen and oxygen atoms in total. The molecule has 0 aromatic heterocycles. The molecule has 1 aliphatic rings. The predicted molar refractivity (Wildman–Crippen MR) is 66.7 cm³/mol. The van der Waals surface area contributed by atoms with Crippen LogP contribution in [0.25, 0.3) is 0 Å². The average molecular weight is 251 g/mol. The molecule has 1 aromatic carbocycles. The van der Waals surface area contributed by atoms with Gasteiger partial charge < -0.3 is 9.64 Å². The zero-order chi connectivity index (χ0) is 13.0. The Morgan fingerprint density at radius 2 is 2.17 bits per heavy atom. The Bertz CT molecular complexity index is 399. The summed E-state index contributed by atoms with van der Waals surface area (Å²) in [5.41, 5.74) is 0.834. The Hall–Kier alpha value is -1.42. The smallest absolute Gasteiger partial charge is 0.226 e. The molecular weight excluding hydrogens is 233 g/mol. The normalized spacial score (nSPS) is 18.9. The van der Waals surface area contributed by atoms with Crippen LogP contribution >= 0.6 is 0 Å². The van der Waals surface area contributed by atoms with Crippen molar-refractivity contribution >= 4 is 5.91 Å². The average Bonchev–Trinajstić information content (AvgIpc) is 2.85. The van der Waals surface area contributed by atoms with Gasteiger partial charge in [0.2, 0.25) is 5.91 Å². The lowest BCUT2D eigenvalue weighted by atomic mass is 10.1. The lowest BCUT2D eigenvalue weighted by Gasteiger charge is -2.20. The van der Waals surface area contributed by atoms with Gasteiger partial charge in [-0.15, -0.1) is 0 Å². The van der Waals surface area contributed by atoms with Crippen LogP contribution in [-0.2, 0) is 16.0 Å². The van der Waals surface area contributed by atoms with Crippen molar-refractivity contribution in [2.45, 2.75) is 25.4 Å². The van der Waals surface area contributed by atoms with Crippen molar-refractivity contribution in [3.05, 3.63) is 35.6 Å². The number of carbonyl (C=O) groups is 1. The maximum atomic E-state index is 12.7. The second-order valence-electron chi connectivity index (χ2n) is 4.71. The summed E-state index contributed by atoms with van der Waals surface area (Å²) in [6, 6.07) is 6.05. The third-order valence-electron chi connectivity index (χ3n) is 3.20. The van der Waals surface area contributed by atoms with Crippen LogP contribution in [0.4, 0.5) is 4.39 Å². The highest BCUT2D eigenvalue weighted by molar-refractivity contribution is 5.78. The number of ether oxygens (including phenoxy) is 1. The Morgan fingerprint density at radius 1 is 1.44 bits per heavy atom. The topological polar surface area (TPSA) is 29.5 Å². The molecule has 1 unspecified atom stereocenters. The molecule has 1 saturated heterocycles. The molecule has 1 atom stereocenters. The minimum atomic E-state index is -0.279. The second kappa shape index (κ2) is 5.96. The number of carbonyl (C=O) groups excluding carboxylic acids is 1. The van der Waals surface area contributed by atoms with E-state index >= 15 is 0 Å². The van der Waals surface area contributed by atoms with Gasteiger partial charge in [-0.25, -0.2) is 4.39 Å². The molecule has 0 radical (unpaired) electrons. The Labute approximate surface area is 107 Å². The highest BCUT2D eigenvalue weighted by Gasteiger charge is 2.19. The number of hydrogen-bond donors (Lipinski definition) is 0. The Kier molecular flexibility index (Phi) is 4.31. The highest BCUT2D eigenvalue weighted by atomic mass is 19.1. The van der Waals surface area contributed by atoms with Crippen LogP contribution in [0, 0.1) is 5.82 Å². The van der Waals surface area contributed by atoms with Gasteiger partial charge in [0.1, 0.15) is 5.82 Å². The van der Waals surface area contributed by atoms with Crippen molar-refractivity contribution in [1.82, 2.24) is 4.90 Å². The third-order valence-corrected chi connectivity index (χ3v) is 3.20. The monoisotopic (exact) mass is 251 g/mol. The first-order valence-corrected chi connectivity index (χ1v) is 6.25. The first-order chi connectivity index (χ1) is 8.65. The van der Waals surface area contributed by atoms with E-state index in [1.165, 1.54) is 12.1 Å². The van der Waals surface area contributed by atoms with E-state index < -0.39 is 0 Å². The summed E-state index contributed by atoms with van der Waals surface area (Å²) in [4.78, 5) is 13.7. The van der Waals surface area contributed by atoms with Crippen molar-refractivity contribution in [2.24, 2.45) is 0 Å². The molecule has 1 aromatic rings. The van der Waals surface area contributed by atoms with E-state index in [0.29, 0.717) is 13.0 Å². The van der Waals surface area contributed by atoms with Crippen LogP contribution in [0.5, 0.6) is 0 Å². The standard InChI is InChI=1S/C14H18FNO2/c1-16(10-13-3-2-8-18-13)14(17)9-11-4-6-12(15)7-5-11/h4-7,13H,2-3,8-10H2,1H3. The maximum Gasteiger partial charge on any atom is 0.226 e. The van der Waals surface area contributed by atoms with Gasteiger partial charge in [0.05, 0.1) is 12.5 Å². The third kappa shape index (κ3) is 3.53. The Balaban J connectivity index is 1.84. The lowest BCUT2D eigenvalue weighted by molar-refractivity contribution is -0.130. The number of nitrogens with zero attached hydrogens (tertiary/aromatic N) is 1. The van der Waals surface area contributed by atoms with E-state index in [1.807, 2.05) is 0 Å². The number of halogens is 1. The fraction of sp³-hybridized carbons (Fsp3) is 0.500. The first-order valence-electron chi connectivity index (χ1n) is 6.25. The number of benzene rings is 1. The minimum absolute atomic E-state index is 0.0390. The van der Waals surface area contributed by atoms with Crippen LogP contribution in [0.2, 0.25) is 0 Å². The van der Waals surface area contributed by atoms with Gasteiger partial charge >= 0.3 is 0 Å². The molecule has 4 heteroatoms. The first kappa shape index (κ1) is 13.0.